The summed E-state index contributed by atoms with van der Waals surface area (Å²) in [6.45, 7) is -0.640. The Morgan fingerprint density at radius 1 is 1.03 bits per heavy atom. The molecule has 0 spiro atoms. The van der Waals surface area contributed by atoms with Crippen LogP contribution in [0.15, 0.2) is 53.1 Å². The number of nitrogens with one attached hydrogen (secondary N) is 3. The predicted molar refractivity (Wildman–Crippen MR) is 110 cm³/mol. The second-order valence-electron chi connectivity index (χ2n) is 7.30. The van der Waals surface area contributed by atoms with E-state index in [2.05, 4.69) is 16.0 Å². The van der Waals surface area contributed by atoms with Gasteiger partial charge in [0, 0.05) is 12.5 Å². The number of imide groups is 1. The van der Waals surface area contributed by atoms with Crippen LogP contribution in [0.4, 0.5) is 4.79 Å². The van der Waals surface area contributed by atoms with Crippen molar-refractivity contribution in [1.82, 2.24) is 16.0 Å². The molecule has 164 valence electrons. The van der Waals surface area contributed by atoms with Gasteiger partial charge in [-0.25, -0.2) is 9.59 Å². The number of hydrogen-bond acceptors (Lipinski definition) is 6. The fourth-order valence-corrected chi connectivity index (χ4v) is 3.37. The number of carbonyl (C=O) groups excluding carboxylic acids is 4. The van der Waals surface area contributed by atoms with Crippen molar-refractivity contribution < 1.29 is 28.3 Å². The Hall–Kier alpha value is -3.62. The zero-order valence-corrected chi connectivity index (χ0v) is 17.0. The summed E-state index contributed by atoms with van der Waals surface area (Å²) in [6.07, 6.45) is 5.36. The molecular formula is C22H25N3O6. The molecule has 9 nitrogen and oxygen atoms in total. The van der Waals surface area contributed by atoms with Crippen molar-refractivity contribution in [3.63, 3.8) is 0 Å². The first-order valence-electron chi connectivity index (χ1n) is 10.2. The average Bonchev–Trinajstić information content (AvgIpc) is 3.46. The van der Waals surface area contributed by atoms with Crippen LogP contribution in [-0.4, -0.2) is 42.5 Å². The van der Waals surface area contributed by atoms with E-state index in [9.17, 15) is 19.2 Å². The van der Waals surface area contributed by atoms with Gasteiger partial charge in [0.05, 0.1) is 6.26 Å². The number of rotatable bonds is 8. The summed E-state index contributed by atoms with van der Waals surface area (Å²) in [5.74, 6) is -2.08. The van der Waals surface area contributed by atoms with Crippen LogP contribution in [0.2, 0.25) is 0 Å². The van der Waals surface area contributed by atoms with Crippen molar-refractivity contribution in [2.75, 3.05) is 6.61 Å². The predicted octanol–water partition coefficient (Wildman–Crippen LogP) is 1.93. The highest BCUT2D eigenvalue weighted by atomic mass is 16.5. The molecule has 1 aromatic carbocycles. The van der Waals surface area contributed by atoms with Crippen LogP contribution < -0.4 is 16.0 Å². The minimum atomic E-state index is -1.04. The highest BCUT2D eigenvalue weighted by molar-refractivity contribution is 5.97. The summed E-state index contributed by atoms with van der Waals surface area (Å²) in [5.41, 5.74) is 0.796. The van der Waals surface area contributed by atoms with Gasteiger partial charge in [-0.2, -0.15) is 0 Å². The van der Waals surface area contributed by atoms with E-state index in [0.29, 0.717) is 0 Å². The summed E-state index contributed by atoms with van der Waals surface area (Å²) in [5, 5.41) is 7.42. The van der Waals surface area contributed by atoms with Crippen LogP contribution in [-0.2, 0) is 20.7 Å². The molecule has 3 rings (SSSR count). The number of esters is 1. The summed E-state index contributed by atoms with van der Waals surface area (Å²) in [7, 11) is 0. The van der Waals surface area contributed by atoms with Gasteiger partial charge in [-0.05, 0) is 30.5 Å². The smallest absolute Gasteiger partial charge is 0.329 e. The molecular weight excluding hydrogens is 402 g/mol. The Morgan fingerprint density at radius 2 is 1.77 bits per heavy atom. The quantitative estimate of drug-likeness (QED) is 0.553. The van der Waals surface area contributed by atoms with Gasteiger partial charge in [0.15, 0.2) is 12.4 Å². The van der Waals surface area contributed by atoms with E-state index in [4.69, 9.17) is 9.15 Å². The minimum Gasteiger partial charge on any atom is -0.459 e. The molecule has 1 fully saturated rings. The number of hydrogen-bond donors (Lipinski definition) is 3. The van der Waals surface area contributed by atoms with Crippen LogP contribution in [0.1, 0.15) is 41.8 Å². The van der Waals surface area contributed by atoms with E-state index in [1.807, 2.05) is 18.2 Å². The van der Waals surface area contributed by atoms with Gasteiger partial charge in [-0.15, -0.1) is 0 Å². The molecule has 1 saturated carbocycles. The fraction of sp³-hybridized carbons (Fsp3) is 0.364. The third-order valence-corrected chi connectivity index (χ3v) is 4.91. The van der Waals surface area contributed by atoms with E-state index in [0.717, 1.165) is 31.2 Å². The Morgan fingerprint density at radius 3 is 2.45 bits per heavy atom. The van der Waals surface area contributed by atoms with Crippen molar-refractivity contribution in [3.8, 4) is 0 Å². The Kier molecular flexibility index (Phi) is 7.80. The van der Waals surface area contributed by atoms with Gasteiger partial charge in [0.25, 0.3) is 11.8 Å². The van der Waals surface area contributed by atoms with Crippen molar-refractivity contribution in [1.29, 1.82) is 0 Å². The van der Waals surface area contributed by atoms with Crippen molar-refractivity contribution in [3.05, 3.63) is 60.1 Å². The van der Waals surface area contributed by atoms with E-state index in [1.165, 1.54) is 12.3 Å². The van der Waals surface area contributed by atoms with E-state index in [1.54, 1.807) is 18.2 Å². The molecule has 2 aromatic rings. The molecule has 1 unspecified atom stereocenters. The van der Waals surface area contributed by atoms with E-state index < -0.39 is 36.5 Å². The van der Waals surface area contributed by atoms with Crippen molar-refractivity contribution in [2.45, 2.75) is 44.2 Å². The lowest BCUT2D eigenvalue weighted by Crippen LogP contribution is -2.47. The largest absolute Gasteiger partial charge is 0.459 e. The molecule has 0 radical (unpaired) electrons. The maximum atomic E-state index is 12.6. The van der Waals surface area contributed by atoms with E-state index >= 15 is 0 Å². The van der Waals surface area contributed by atoms with Crippen molar-refractivity contribution >= 4 is 23.8 Å². The zero-order valence-electron chi connectivity index (χ0n) is 17.0. The molecule has 1 aromatic heterocycles. The summed E-state index contributed by atoms with van der Waals surface area (Å²) < 4.78 is 10.1. The molecule has 0 aliphatic heterocycles. The maximum Gasteiger partial charge on any atom is 0.329 e. The molecule has 1 atom stereocenters. The highest BCUT2D eigenvalue weighted by Gasteiger charge is 2.25. The summed E-state index contributed by atoms with van der Waals surface area (Å²) in [6, 6.07) is 10.5. The number of amides is 4. The number of benzene rings is 1. The first-order chi connectivity index (χ1) is 15.0. The minimum absolute atomic E-state index is 0.0483. The average molecular weight is 427 g/mol. The molecule has 3 N–H and O–H groups in total. The number of carbonyl (C=O) groups is 4. The van der Waals surface area contributed by atoms with Crippen LogP contribution >= 0.6 is 0 Å². The normalized spacial score (nSPS) is 14.5. The van der Waals surface area contributed by atoms with E-state index in [-0.39, 0.29) is 18.2 Å². The molecule has 1 aliphatic rings. The lowest BCUT2D eigenvalue weighted by Gasteiger charge is -2.17. The Labute approximate surface area is 179 Å². The van der Waals surface area contributed by atoms with Gasteiger partial charge in [-0.1, -0.05) is 43.2 Å². The molecule has 0 saturated heterocycles. The molecule has 0 bridgehead atoms. The van der Waals surface area contributed by atoms with Gasteiger partial charge in [0.2, 0.25) is 0 Å². The second-order valence-corrected chi connectivity index (χ2v) is 7.30. The summed E-state index contributed by atoms with van der Waals surface area (Å²) in [4.78, 5) is 48.7. The summed E-state index contributed by atoms with van der Waals surface area (Å²) >= 11 is 0. The number of ether oxygens (including phenoxy) is 1. The van der Waals surface area contributed by atoms with Gasteiger partial charge >= 0.3 is 12.0 Å². The van der Waals surface area contributed by atoms with Crippen molar-refractivity contribution in [2.24, 2.45) is 0 Å². The lowest BCUT2D eigenvalue weighted by molar-refractivity contribution is -0.150. The Bertz CT molecular complexity index is 891. The second kappa shape index (κ2) is 11.0. The molecule has 31 heavy (non-hydrogen) atoms. The first-order valence-corrected chi connectivity index (χ1v) is 10.2. The number of urea groups is 1. The van der Waals surface area contributed by atoms with Gasteiger partial charge in [0.1, 0.15) is 6.04 Å². The van der Waals surface area contributed by atoms with Gasteiger partial charge in [-0.3, -0.25) is 14.9 Å². The molecule has 1 aliphatic carbocycles. The first kappa shape index (κ1) is 22.1. The lowest BCUT2D eigenvalue weighted by atomic mass is 10.1. The molecule has 1 heterocycles. The molecule has 9 heteroatoms. The maximum absolute atomic E-state index is 12.6. The topological polar surface area (TPSA) is 127 Å². The van der Waals surface area contributed by atoms with Crippen LogP contribution in [0.3, 0.4) is 0 Å². The fourth-order valence-electron chi connectivity index (χ4n) is 3.37. The third-order valence-electron chi connectivity index (χ3n) is 4.91. The number of furan rings is 1. The van der Waals surface area contributed by atoms with Crippen LogP contribution in [0.25, 0.3) is 0 Å². The highest BCUT2D eigenvalue weighted by Crippen LogP contribution is 2.17. The Balaban J connectivity index is 1.53. The van der Waals surface area contributed by atoms with Gasteiger partial charge < -0.3 is 19.8 Å². The monoisotopic (exact) mass is 427 g/mol. The standard InChI is InChI=1S/C22H25N3O6/c26-19(25-22(29)23-16-9-4-5-10-16)14-31-21(28)17(13-15-7-2-1-3-8-15)24-20(27)18-11-6-12-30-18/h1-3,6-8,11-12,16-17H,4-5,9-10,13-14H2,(H,24,27)(H2,23,25,26,29). The van der Waals surface area contributed by atoms with Crippen LogP contribution in [0, 0.1) is 0 Å². The molecule has 4 amide bonds. The van der Waals surface area contributed by atoms with Crippen LogP contribution in [0.5, 0.6) is 0 Å². The SMILES string of the molecule is O=C(COC(=O)C(Cc1ccccc1)NC(=O)c1ccco1)NC(=O)NC1CCCC1. The third kappa shape index (κ3) is 6.98. The zero-order chi connectivity index (χ0) is 22.1.